The fourth-order valence-corrected chi connectivity index (χ4v) is 5.18. The van der Waals surface area contributed by atoms with E-state index in [-0.39, 0.29) is 10.8 Å². The van der Waals surface area contributed by atoms with Gasteiger partial charge in [-0.25, -0.2) is 0 Å². The molecule has 55 heavy (non-hydrogen) atoms. The van der Waals surface area contributed by atoms with Gasteiger partial charge in [-0.3, -0.25) is 0 Å². The fourth-order valence-electron chi connectivity index (χ4n) is 5.18. The highest BCUT2D eigenvalue weighted by Gasteiger charge is 2.34. The van der Waals surface area contributed by atoms with E-state index in [1.54, 1.807) is 0 Å². The highest BCUT2D eigenvalue weighted by atomic mass is 16.6. The Balaban J connectivity index is 1.10. The fraction of sp³-hybridized carbons (Fsp3) is 1.00. The van der Waals surface area contributed by atoms with Gasteiger partial charge < -0.3 is 71.1 Å². The normalized spacial score (nSPS) is 16.0. The molecule has 0 spiro atoms. The lowest BCUT2D eigenvalue weighted by molar-refractivity contribution is -0.138. The van der Waals surface area contributed by atoms with E-state index in [9.17, 15) is 0 Å². The molecule has 0 N–H and O–H groups in total. The Morgan fingerprint density at radius 1 is 0.255 bits per heavy atom. The number of hydrogen-bond acceptors (Lipinski definition) is 15. The van der Waals surface area contributed by atoms with Gasteiger partial charge >= 0.3 is 0 Å². The minimum absolute atomic E-state index is 0.223. The predicted molar refractivity (Wildman–Crippen MR) is 206 cm³/mol. The summed E-state index contributed by atoms with van der Waals surface area (Å²) in [5.74, 6) is 0. The van der Waals surface area contributed by atoms with Crippen LogP contribution in [0, 0.1) is 10.8 Å². The van der Waals surface area contributed by atoms with Crippen LogP contribution in [0.5, 0.6) is 0 Å². The molecule has 0 unspecified atom stereocenters. The van der Waals surface area contributed by atoms with Crippen LogP contribution >= 0.6 is 0 Å². The summed E-state index contributed by atoms with van der Waals surface area (Å²) in [5, 5.41) is 0. The maximum absolute atomic E-state index is 5.76. The van der Waals surface area contributed by atoms with E-state index >= 15 is 0 Å². The predicted octanol–water partition coefficient (Wildman–Crippen LogP) is 3.62. The van der Waals surface area contributed by atoms with Crippen LogP contribution < -0.4 is 0 Å². The molecule has 2 saturated heterocycles. The van der Waals surface area contributed by atoms with Gasteiger partial charge in [-0.05, 0) is 25.7 Å². The Bertz CT molecular complexity index is 726. The lowest BCUT2D eigenvalue weighted by Crippen LogP contribution is -2.43. The lowest BCUT2D eigenvalue weighted by Gasteiger charge is -2.37. The number of unbranched alkanes of at least 4 members (excludes halogenated alkanes) is 4. The molecule has 0 radical (unpaired) electrons. The Kier molecular flexibility index (Phi) is 34.6. The minimum atomic E-state index is 0.223. The van der Waals surface area contributed by atoms with Gasteiger partial charge in [0.25, 0.3) is 0 Å². The molecule has 15 nitrogen and oxygen atoms in total. The summed E-state index contributed by atoms with van der Waals surface area (Å²) in [6.07, 6.45) is 6.52. The molecule has 2 rings (SSSR count). The van der Waals surface area contributed by atoms with E-state index in [0.717, 1.165) is 91.8 Å². The highest BCUT2D eigenvalue weighted by Crippen LogP contribution is 2.27. The van der Waals surface area contributed by atoms with E-state index in [0.29, 0.717) is 132 Å². The van der Waals surface area contributed by atoms with Gasteiger partial charge in [0.15, 0.2) is 0 Å². The van der Waals surface area contributed by atoms with Crippen molar-refractivity contribution in [2.45, 2.75) is 52.4 Å². The second-order valence-electron chi connectivity index (χ2n) is 14.6. The standard InChI is InChI=1S/C40H78O15/c1-39(35-54-36-39)33-52-11-6-4-3-5-9-41-13-15-43-17-19-45-21-23-47-25-27-49-29-31-51-32-30-50-28-26-48-24-22-46-20-18-44-16-14-42-10-7-8-12-53-34-40(2)37-55-38-40/h3-38H2,1-2H3. The van der Waals surface area contributed by atoms with Crippen LogP contribution in [0.1, 0.15) is 52.4 Å². The van der Waals surface area contributed by atoms with Crippen molar-refractivity contribution in [2.75, 3.05) is 198 Å². The second-order valence-corrected chi connectivity index (χ2v) is 14.6. The number of rotatable bonds is 46. The maximum atomic E-state index is 5.76. The summed E-state index contributed by atoms with van der Waals surface area (Å²) in [4.78, 5) is 0. The SMILES string of the molecule is CC1(COCCCCCCOCCOCCOCCOCCOCCOCCOCCOCCOCCOCCOCCCCOCC2(C)COC2)COC1. The van der Waals surface area contributed by atoms with Crippen LogP contribution in [0.3, 0.4) is 0 Å². The quantitative estimate of drug-likeness (QED) is 0.0829. The van der Waals surface area contributed by atoms with E-state index in [4.69, 9.17) is 71.1 Å². The van der Waals surface area contributed by atoms with E-state index in [1.165, 1.54) is 12.8 Å². The van der Waals surface area contributed by atoms with Gasteiger partial charge in [-0.1, -0.05) is 26.7 Å². The highest BCUT2D eigenvalue weighted by molar-refractivity contribution is 4.80. The third-order valence-corrected chi connectivity index (χ3v) is 8.58. The van der Waals surface area contributed by atoms with Crippen molar-refractivity contribution in [3.05, 3.63) is 0 Å². The van der Waals surface area contributed by atoms with Crippen LogP contribution in [0.15, 0.2) is 0 Å². The Hall–Kier alpha value is -0.600. The zero-order chi connectivity index (χ0) is 39.1. The third kappa shape index (κ3) is 33.0. The van der Waals surface area contributed by atoms with Crippen LogP contribution in [0.2, 0.25) is 0 Å². The first-order valence-corrected chi connectivity index (χ1v) is 20.8. The molecule has 0 saturated carbocycles. The molecule has 2 aliphatic heterocycles. The summed E-state index contributed by atoms with van der Waals surface area (Å²) < 4.78 is 82.9. The van der Waals surface area contributed by atoms with Crippen molar-refractivity contribution < 1.29 is 71.1 Å². The summed E-state index contributed by atoms with van der Waals surface area (Å²) >= 11 is 0. The van der Waals surface area contributed by atoms with Crippen molar-refractivity contribution in [3.63, 3.8) is 0 Å². The maximum Gasteiger partial charge on any atom is 0.0701 e. The zero-order valence-corrected chi connectivity index (χ0v) is 34.6. The van der Waals surface area contributed by atoms with Crippen molar-refractivity contribution >= 4 is 0 Å². The molecule has 0 atom stereocenters. The topological polar surface area (TPSA) is 138 Å². The first-order valence-electron chi connectivity index (χ1n) is 20.8. The summed E-state index contributed by atoms with van der Waals surface area (Å²) in [7, 11) is 0. The second kappa shape index (κ2) is 37.7. The molecule has 2 aliphatic rings. The summed E-state index contributed by atoms with van der Waals surface area (Å²) in [5.41, 5.74) is 0.468. The molecule has 0 aromatic heterocycles. The minimum Gasteiger partial charge on any atom is -0.381 e. The molecule has 0 aromatic carbocycles. The third-order valence-electron chi connectivity index (χ3n) is 8.58. The average Bonchev–Trinajstić information content (AvgIpc) is 3.16. The summed E-state index contributed by atoms with van der Waals surface area (Å²) in [6.45, 7) is 23.2. The zero-order valence-electron chi connectivity index (χ0n) is 34.6. The molecular weight excluding hydrogens is 720 g/mol. The number of hydrogen-bond donors (Lipinski definition) is 0. The molecular formula is C40H78O15. The Morgan fingerprint density at radius 2 is 0.436 bits per heavy atom. The van der Waals surface area contributed by atoms with Crippen LogP contribution in [-0.4, -0.2) is 198 Å². The van der Waals surface area contributed by atoms with E-state index in [2.05, 4.69) is 13.8 Å². The van der Waals surface area contributed by atoms with E-state index < -0.39 is 0 Å². The molecule has 2 fully saturated rings. The van der Waals surface area contributed by atoms with Gasteiger partial charge in [0, 0.05) is 37.3 Å². The molecule has 0 bridgehead atoms. The van der Waals surface area contributed by atoms with E-state index in [1.807, 2.05) is 0 Å². The lowest BCUT2D eigenvalue weighted by atomic mass is 9.90. The first kappa shape index (κ1) is 50.5. The monoisotopic (exact) mass is 799 g/mol. The smallest absolute Gasteiger partial charge is 0.0701 e. The van der Waals surface area contributed by atoms with Crippen molar-refractivity contribution in [2.24, 2.45) is 10.8 Å². The number of ether oxygens (including phenoxy) is 15. The average molecular weight is 799 g/mol. The van der Waals surface area contributed by atoms with Crippen LogP contribution in [0.4, 0.5) is 0 Å². The Morgan fingerprint density at radius 3 is 0.636 bits per heavy atom. The van der Waals surface area contributed by atoms with Gasteiger partial charge in [0.05, 0.1) is 172 Å². The molecule has 2 heterocycles. The molecule has 0 amide bonds. The van der Waals surface area contributed by atoms with Gasteiger partial charge in [-0.2, -0.15) is 0 Å². The van der Waals surface area contributed by atoms with Gasteiger partial charge in [0.2, 0.25) is 0 Å². The van der Waals surface area contributed by atoms with Gasteiger partial charge in [0.1, 0.15) is 0 Å². The van der Waals surface area contributed by atoms with Gasteiger partial charge in [-0.15, -0.1) is 0 Å². The van der Waals surface area contributed by atoms with Crippen molar-refractivity contribution in [1.29, 1.82) is 0 Å². The van der Waals surface area contributed by atoms with Crippen molar-refractivity contribution in [1.82, 2.24) is 0 Å². The largest absolute Gasteiger partial charge is 0.381 e. The molecule has 328 valence electrons. The van der Waals surface area contributed by atoms with Crippen LogP contribution in [-0.2, 0) is 71.1 Å². The summed E-state index contributed by atoms with van der Waals surface area (Å²) in [6, 6.07) is 0. The first-order chi connectivity index (χ1) is 27.1. The van der Waals surface area contributed by atoms with Crippen molar-refractivity contribution in [3.8, 4) is 0 Å². The Labute approximate surface area is 332 Å². The molecule has 0 aromatic rings. The molecule has 0 aliphatic carbocycles. The molecule has 15 heteroatoms. The van der Waals surface area contributed by atoms with Crippen LogP contribution in [0.25, 0.3) is 0 Å².